The van der Waals surface area contributed by atoms with Gasteiger partial charge in [-0.15, -0.1) is 0 Å². The van der Waals surface area contributed by atoms with Crippen LogP contribution in [0.15, 0.2) is 12.3 Å². The summed E-state index contributed by atoms with van der Waals surface area (Å²) >= 11 is 0. The van der Waals surface area contributed by atoms with Gasteiger partial charge in [0.1, 0.15) is 11.6 Å². The van der Waals surface area contributed by atoms with E-state index in [1.165, 1.54) is 0 Å². The molecule has 12 heavy (non-hydrogen) atoms. The van der Waals surface area contributed by atoms with E-state index in [9.17, 15) is 0 Å². The summed E-state index contributed by atoms with van der Waals surface area (Å²) in [6.07, 6.45) is 1.71. The molecule has 4 nitrogen and oxygen atoms in total. The molecule has 0 amide bonds. The first kappa shape index (κ1) is 8.93. The van der Waals surface area contributed by atoms with Crippen molar-refractivity contribution in [3.8, 4) is 0 Å². The standard InChI is InChI=1S/C8H14N4/c1-6(2)11-7-3-4-10-8(5-9)12-7/h3-4,6H,5,9H2,1-2H3,(H,10,11,12). The molecule has 1 heterocycles. The number of nitrogens with one attached hydrogen (secondary N) is 1. The van der Waals surface area contributed by atoms with Crippen LogP contribution in [0.1, 0.15) is 19.7 Å². The summed E-state index contributed by atoms with van der Waals surface area (Å²) in [5.74, 6) is 1.50. The van der Waals surface area contributed by atoms with Gasteiger partial charge >= 0.3 is 0 Å². The van der Waals surface area contributed by atoms with Crippen molar-refractivity contribution >= 4 is 5.82 Å². The van der Waals surface area contributed by atoms with E-state index in [0.29, 0.717) is 18.4 Å². The molecule has 1 rings (SSSR count). The van der Waals surface area contributed by atoms with Crippen molar-refractivity contribution in [1.82, 2.24) is 9.97 Å². The van der Waals surface area contributed by atoms with Crippen LogP contribution in [0.5, 0.6) is 0 Å². The quantitative estimate of drug-likeness (QED) is 0.695. The second kappa shape index (κ2) is 4.01. The molecule has 66 valence electrons. The van der Waals surface area contributed by atoms with Gasteiger partial charge in [-0.1, -0.05) is 0 Å². The Balaban J connectivity index is 2.72. The fourth-order valence-corrected chi connectivity index (χ4v) is 0.874. The molecule has 4 heteroatoms. The Bertz CT molecular complexity index is 247. The Morgan fingerprint density at radius 2 is 2.33 bits per heavy atom. The molecule has 0 saturated heterocycles. The number of hydrogen-bond acceptors (Lipinski definition) is 4. The molecule has 0 atom stereocenters. The molecule has 0 spiro atoms. The maximum atomic E-state index is 5.40. The zero-order valence-electron chi connectivity index (χ0n) is 7.41. The van der Waals surface area contributed by atoms with Gasteiger partial charge in [0.2, 0.25) is 0 Å². The molecule has 0 aromatic carbocycles. The lowest BCUT2D eigenvalue weighted by atomic mass is 10.4. The molecule has 0 saturated carbocycles. The molecule has 3 N–H and O–H groups in total. The molecular weight excluding hydrogens is 152 g/mol. The van der Waals surface area contributed by atoms with Gasteiger partial charge in [-0.2, -0.15) is 0 Å². The van der Waals surface area contributed by atoms with E-state index in [4.69, 9.17) is 5.73 Å². The van der Waals surface area contributed by atoms with Crippen LogP contribution in [0.2, 0.25) is 0 Å². The number of aromatic nitrogens is 2. The summed E-state index contributed by atoms with van der Waals surface area (Å²) < 4.78 is 0. The van der Waals surface area contributed by atoms with Gasteiger partial charge in [-0.05, 0) is 19.9 Å². The smallest absolute Gasteiger partial charge is 0.144 e. The fraction of sp³-hybridized carbons (Fsp3) is 0.500. The Morgan fingerprint density at radius 1 is 1.58 bits per heavy atom. The highest BCUT2D eigenvalue weighted by Gasteiger charge is 1.97. The first-order valence-corrected chi connectivity index (χ1v) is 4.01. The minimum atomic E-state index is 0.380. The topological polar surface area (TPSA) is 63.8 Å². The number of nitrogens with zero attached hydrogens (tertiary/aromatic N) is 2. The van der Waals surface area contributed by atoms with Gasteiger partial charge < -0.3 is 11.1 Å². The lowest BCUT2D eigenvalue weighted by Gasteiger charge is -2.08. The van der Waals surface area contributed by atoms with Gasteiger partial charge in [0.25, 0.3) is 0 Å². The summed E-state index contributed by atoms with van der Waals surface area (Å²) in [5.41, 5.74) is 5.40. The normalized spacial score (nSPS) is 10.3. The van der Waals surface area contributed by atoms with Crippen molar-refractivity contribution in [1.29, 1.82) is 0 Å². The van der Waals surface area contributed by atoms with Crippen molar-refractivity contribution in [2.75, 3.05) is 5.32 Å². The number of anilines is 1. The van der Waals surface area contributed by atoms with Crippen LogP contribution in [-0.4, -0.2) is 16.0 Å². The molecule has 1 aromatic rings. The van der Waals surface area contributed by atoms with E-state index >= 15 is 0 Å². The third-order valence-electron chi connectivity index (χ3n) is 1.32. The van der Waals surface area contributed by atoms with Crippen LogP contribution < -0.4 is 11.1 Å². The molecule has 0 aliphatic carbocycles. The van der Waals surface area contributed by atoms with E-state index in [2.05, 4.69) is 29.1 Å². The van der Waals surface area contributed by atoms with Gasteiger partial charge in [-0.3, -0.25) is 0 Å². The van der Waals surface area contributed by atoms with Crippen LogP contribution in [0.25, 0.3) is 0 Å². The molecule has 0 aliphatic heterocycles. The van der Waals surface area contributed by atoms with Crippen molar-refractivity contribution < 1.29 is 0 Å². The highest BCUT2D eigenvalue weighted by atomic mass is 15.0. The number of hydrogen-bond donors (Lipinski definition) is 2. The summed E-state index contributed by atoms with van der Waals surface area (Å²) in [7, 11) is 0. The highest BCUT2D eigenvalue weighted by Crippen LogP contribution is 2.02. The first-order chi connectivity index (χ1) is 5.72. The average Bonchev–Trinajstić information content (AvgIpc) is 2.03. The summed E-state index contributed by atoms with van der Waals surface area (Å²) in [6, 6.07) is 2.21. The number of nitrogens with two attached hydrogens (primary N) is 1. The maximum absolute atomic E-state index is 5.40. The second-order valence-electron chi connectivity index (χ2n) is 2.86. The van der Waals surface area contributed by atoms with Crippen molar-refractivity contribution in [3.05, 3.63) is 18.1 Å². The van der Waals surface area contributed by atoms with Gasteiger partial charge in [0.05, 0.1) is 6.54 Å². The summed E-state index contributed by atoms with van der Waals surface area (Å²) in [5, 5.41) is 3.17. The molecule has 0 unspecified atom stereocenters. The van der Waals surface area contributed by atoms with E-state index in [1.54, 1.807) is 6.20 Å². The lowest BCUT2D eigenvalue weighted by molar-refractivity contribution is 0.860. The Morgan fingerprint density at radius 3 is 2.92 bits per heavy atom. The molecule has 0 fully saturated rings. The third-order valence-corrected chi connectivity index (χ3v) is 1.32. The third kappa shape index (κ3) is 2.47. The van der Waals surface area contributed by atoms with Crippen LogP contribution in [-0.2, 0) is 6.54 Å². The predicted molar refractivity (Wildman–Crippen MR) is 48.7 cm³/mol. The minimum absolute atomic E-state index is 0.380. The van der Waals surface area contributed by atoms with E-state index in [1.807, 2.05) is 6.07 Å². The Hall–Kier alpha value is -1.16. The molecule has 0 bridgehead atoms. The Labute approximate surface area is 72.2 Å². The van der Waals surface area contributed by atoms with Gasteiger partial charge in [0, 0.05) is 12.2 Å². The zero-order valence-corrected chi connectivity index (χ0v) is 7.41. The van der Waals surface area contributed by atoms with E-state index in [0.717, 1.165) is 5.82 Å². The monoisotopic (exact) mass is 166 g/mol. The lowest BCUT2D eigenvalue weighted by Crippen LogP contribution is -2.13. The van der Waals surface area contributed by atoms with Gasteiger partial charge in [0.15, 0.2) is 0 Å². The minimum Gasteiger partial charge on any atom is -0.368 e. The Kier molecular flexibility index (Phi) is 2.99. The van der Waals surface area contributed by atoms with Crippen molar-refractivity contribution in [3.63, 3.8) is 0 Å². The van der Waals surface area contributed by atoms with Crippen LogP contribution in [0.4, 0.5) is 5.82 Å². The van der Waals surface area contributed by atoms with Gasteiger partial charge in [-0.25, -0.2) is 9.97 Å². The number of rotatable bonds is 3. The largest absolute Gasteiger partial charge is 0.368 e. The average molecular weight is 166 g/mol. The van der Waals surface area contributed by atoms with Crippen LogP contribution >= 0.6 is 0 Å². The van der Waals surface area contributed by atoms with Crippen LogP contribution in [0.3, 0.4) is 0 Å². The first-order valence-electron chi connectivity index (χ1n) is 4.01. The molecule has 0 aliphatic rings. The van der Waals surface area contributed by atoms with Crippen molar-refractivity contribution in [2.45, 2.75) is 26.4 Å². The molecular formula is C8H14N4. The van der Waals surface area contributed by atoms with Crippen molar-refractivity contribution in [2.24, 2.45) is 5.73 Å². The van der Waals surface area contributed by atoms with E-state index < -0.39 is 0 Å². The second-order valence-corrected chi connectivity index (χ2v) is 2.86. The summed E-state index contributed by atoms with van der Waals surface area (Å²) in [6.45, 7) is 4.50. The SMILES string of the molecule is CC(C)Nc1ccnc(CN)n1. The van der Waals surface area contributed by atoms with Crippen LogP contribution in [0, 0.1) is 0 Å². The highest BCUT2D eigenvalue weighted by molar-refractivity contribution is 5.33. The zero-order chi connectivity index (χ0) is 8.97. The summed E-state index contributed by atoms with van der Waals surface area (Å²) in [4.78, 5) is 8.17. The maximum Gasteiger partial charge on any atom is 0.144 e. The van der Waals surface area contributed by atoms with E-state index in [-0.39, 0.29) is 0 Å². The fourth-order valence-electron chi connectivity index (χ4n) is 0.874. The predicted octanol–water partition coefficient (Wildman–Crippen LogP) is 0.756. The molecule has 0 radical (unpaired) electrons. The molecule has 1 aromatic heterocycles.